The minimum Gasteiger partial charge on any atom is -0.472 e. The highest BCUT2D eigenvalue weighted by molar-refractivity contribution is 5.08. The summed E-state index contributed by atoms with van der Waals surface area (Å²) in [5.41, 5.74) is 0. The number of nitrogens with one attached hydrogen (secondary N) is 1. The van der Waals surface area contributed by atoms with Gasteiger partial charge in [0.2, 0.25) is 5.88 Å². The van der Waals surface area contributed by atoms with Gasteiger partial charge >= 0.3 is 0 Å². The summed E-state index contributed by atoms with van der Waals surface area (Å²) in [7, 11) is 0. The van der Waals surface area contributed by atoms with Crippen LogP contribution in [0.25, 0.3) is 0 Å². The van der Waals surface area contributed by atoms with Gasteiger partial charge in [-0.25, -0.2) is 4.68 Å². The first-order valence-corrected chi connectivity index (χ1v) is 4.29. The van der Waals surface area contributed by atoms with Gasteiger partial charge in [-0.2, -0.15) is 5.10 Å². The molecular formula is C8H13N3O. The third kappa shape index (κ3) is 1.30. The van der Waals surface area contributed by atoms with Gasteiger partial charge in [0, 0.05) is 25.7 Å². The second kappa shape index (κ2) is 3.15. The molecule has 66 valence electrons. The molecule has 1 fully saturated rings. The van der Waals surface area contributed by atoms with Crippen LogP contribution in [0.15, 0.2) is 12.3 Å². The molecule has 1 aromatic rings. The maximum atomic E-state index is 5.65. The molecule has 0 spiro atoms. The lowest BCUT2D eigenvalue weighted by Crippen LogP contribution is -2.50. The molecule has 0 radical (unpaired) electrons. The lowest BCUT2D eigenvalue weighted by atomic mass is 10.2. The molecule has 1 aromatic heterocycles. The molecule has 1 N–H and O–H groups in total. The zero-order valence-electron chi connectivity index (χ0n) is 7.16. The number of nitrogens with zero attached hydrogens (tertiary/aromatic N) is 2. The Labute approximate surface area is 71.5 Å². The predicted octanol–water partition coefficient (Wildman–Crippen LogP) is 0.254. The molecule has 4 nitrogen and oxygen atoms in total. The first-order chi connectivity index (χ1) is 5.90. The number of aryl methyl sites for hydroxylation is 1. The van der Waals surface area contributed by atoms with Crippen LogP contribution in [-0.4, -0.2) is 29.0 Å². The van der Waals surface area contributed by atoms with Gasteiger partial charge in [-0.05, 0) is 6.92 Å². The van der Waals surface area contributed by atoms with Crippen LogP contribution in [-0.2, 0) is 6.54 Å². The fourth-order valence-electron chi connectivity index (χ4n) is 1.17. The molecule has 0 atom stereocenters. The summed E-state index contributed by atoms with van der Waals surface area (Å²) in [4.78, 5) is 0. The van der Waals surface area contributed by atoms with E-state index in [0.717, 1.165) is 25.5 Å². The first-order valence-electron chi connectivity index (χ1n) is 4.29. The van der Waals surface area contributed by atoms with Gasteiger partial charge in [-0.3, -0.25) is 0 Å². The van der Waals surface area contributed by atoms with Crippen molar-refractivity contribution in [2.75, 3.05) is 13.1 Å². The number of hydrogen-bond acceptors (Lipinski definition) is 3. The molecule has 1 saturated heterocycles. The third-order valence-corrected chi connectivity index (χ3v) is 2.01. The van der Waals surface area contributed by atoms with Gasteiger partial charge in [0.25, 0.3) is 0 Å². The fourth-order valence-corrected chi connectivity index (χ4v) is 1.17. The molecule has 0 amide bonds. The Hall–Kier alpha value is -1.03. The van der Waals surface area contributed by atoms with E-state index in [1.165, 1.54) is 0 Å². The topological polar surface area (TPSA) is 39.1 Å². The molecule has 0 saturated carbocycles. The third-order valence-electron chi connectivity index (χ3n) is 2.01. The zero-order chi connectivity index (χ0) is 8.39. The lowest BCUT2D eigenvalue weighted by molar-refractivity contribution is 0.128. The molecule has 12 heavy (non-hydrogen) atoms. The highest BCUT2D eigenvalue weighted by Crippen LogP contribution is 2.12. The van der Waals surface area contributed by atoms with Crippen LogP contribution in [0.3, 0.4) is 0 Å². The van der Waals surface area contributed by atoms with Gasteiger partial charge in [0.05, 0.1) is 6.20 Å². The lowest BCUT2D eigenvalue weighted by Gasteiger charge is -2.27. The van der Waals surface area contributed by atoms with Crippen LogP contribution in [0.2, 0.25) is 0 Å². The minimum absolute atomic E-state index is 0.340. The summed E-state index contributed by atoms with van der Waals surface area (Å²) >= 11 is 0. The van der Waals surface area contributed by atoms with E-state index < -0.39 is 0 Å². The molecule has 0 aliphatic carbocycles. The van der Waals surface area contributed by atoms with Crippen molar-refractivity contribution >= 4 is 0 Å². The average molecular weight is 167 g/mol. The van der Waals surface area contributed by atoms with E-state index in [-0.39, 0.29) is 0 Å². The second-order valence-electron chi connectivity index (χ2n) is 2.88. The highest BCUT2D eigenvalue weighted by Gasteiger charge is 2.19. The Morgan fingerprint density at radius 3 is 3.17 bits per heavy atom. The van der Waals surface area contributed by atoms with Crippen molar-refractivity contribution in [1.29, 1.82) is 0 Å². The van der Waals surface area contributed by atoms with Gasteiger partial charge in [-0.1, -0.05) is 0 Å². The van der Waals surface area contributed by atoms with Crippen molar-refractivity contribution < 1.29 is 4.74 Å². The van der Waals surface area contributed by atoms with E-state index in [9.17, 15) is 0 Å². The standard InChI is InChI=1S/C8H13N3O/c1-2-11-8(3-4-10-11)12-7-5-9-6-7/h3-4,7,9H,2,5-6H2,1H3. The molecule has 1 aliphatic rings. The Morgan fingerprint density at radius 1 is 1.75 bits per heavy atom. The zero-order valence-corrected chi connectivity index (χ0v) is 7.16. The summed E-state index contributed by atoms with van der Waals surface area (Å²) in [5.74, 6) is 0.879. The monoisotopic (exact) mass is 167 g/mol. The Bertz CT molecular complexity index is 255. The normalized spacial score (nSPS) is 17.4. The molecule has 4 heteroatoms. The summed E-state index contributed by atoms with van der Waals surface area (Å²) in [6.45, 7) is 4.82. The Morgan fingerprint density at radius 2 is 2.58 bits per heavy atom. The van der Waals surface area contributed by atoms with Gasteiger partial charge < -0.3 is 10.1 Å². The van der Waals surface area contributed by atoms with Crippen molar-refractivity contribution in [3.8, 4) is 5.88 Å². The van der Waals surface area contributed by atoms with E-state index in [2.05, 4.69) is 17.3 Å². The Kier molecular flexibility index (Phi) is 1.99. The maximum Gasteiger partial charge on any atom is 0.212 e. The molecule has 0 bridgehead atoms. The van der Waals surface area contributed by atoms with E-state index >= 15 is 0 Å². The van der Waals surface area contributed by atoms with Crippen molar-refractivity contribution in [1.82, 2.24) is 15.1 Å². The summed E-state index contributed by atoms with van der Waals surface area (Å²) < 4.78 is 7.51. The number of hydrogen-bond donors (Lipinski definition) is 1. The largest absolute Gasteiger partial charge is 0.472 e. The molecule has 1 aliphatic heterocycles. The summed E-state index contributed by atoms with van der Waals surface area (Å²) in [6.07, 6.45) is 2.11. The van der Waals surface area contributed by atoms with Crippen LogP contribution in [0, 0.1) is 0 Å². The number of aromatic nitrogens is 2. The van der Waals surface area contributed by atoms with Gasteiger partial charge in [0.15, 0.2) is 0 Å². The van der Waals surface area contributed by atoms with Crippen molar-refractivity contribution in [2.45, 2.75) is 19.6 Å². The van der Waals surface area contributed by atoms with E-state index in [1.54, 1.807) is 6.20 Å². The van der Waals surface area contributed by atoms with E-state index in [4.69, 9.17) is 4.74 Å². The van der Waals surface area contributed by atoms with Crippen LogP contribution in [0.1, 0.15) is 6.92 Å². The van der Waals surface area contributed by atoms with Crippen molar-refractivity contribution in [3.63, 3.8) is 0 Å². The fraction of sp³-hybridized carbons (Fsp3) is 0.625. The van der Waals surface area contributed by atoms with Crippen LogP contribution < -0.4 is 10.1 Å². The average Bonchev–Trinajstić information content (AvgIpc) is 2.43. The van der Waals surface area contributed by atoms with E-state index in [1.807, 2.05) is 10.7 Å². The maximum absolute atomic E-state index is 5.65. The van der Waals surface area contributed by atoms with Crippen molar-refractivity contribution in [3.05, 3.63) is 12.3 Å². The van der Waals surface area contributed by atoms with Crippen LogP contribution in [0.4, 0.5) is 0 Å². The number of ether oxygens (including phenoxy) is 1. The molecular weight excluding hydrogens is 154 g/mol. The second-order valence-corrected chi connectivity index (χ2v) is 2.88. The smallest absolute Gasteiger partial charge is 0.212 e. The Balaban J connectivity index is 2.00. The van der Waals surface area contributed by atoms with Crippen molar-refractivity contribution in [2.24, 2.45) is 0 Å². The first kappa shape index (κ1) is 7.61. The van der Waals surface area contributed by atoms with Crippen LogP contribution >= 0.6 is 0 Å². The van der Waals surface area contributed by atoms with Gasteiger partial charge in [0.1, 0.15) is 6.10 Å². The van der Waals surface area contributed by atoms with E-state index in [0.29, 0.717) is 6.10 Å². The molecule has 2 heterocycles. The summed E-state index contributed by atoms with van der Waals surface area (Å²) in [6, 6.07) is 1.90. The molecule has 2 rings (SSSR count). The SMILES string of the molecule is CCn1nccc1OC1CNC1. The summed E-state index contributed by atoms with van der Waals surface area (Å²) in [5, 5.41) is 7.27. The van der Waals surface area contributed by atoms with Gasteiger partial charge in [-0.15, -0.1) is 0 Å². The highest BCUT2D eigenvalue weighted by atomic mass is 16.5. The predicted molar refractivity (Wildman–Crippen MR) is 45.2 cm³/mol. The molecule has 0 aromatic carbocycles. The molecule has 0 unspecified atom stereocenters. The minimum atomic E-state index is 0.340. The number of rotatable bonds is 3. The van der Waals surface area contributed by atoms with Crippen LogP contribution in [0.5, 0.6) is 5.88 Å². The quantitative estimate of drug-likeness (QED) is 0.701.